The predicted molar refractivity (Wildman–Crippen MR) is 126 cm³/mol. The van der Waals surface area contributed by atoms with Gasteiger partial charge in [0, 0.05) is 40.6 Å². The van der Waals surface area contributed by atoms with Gasteiger partial charge >= 0.3 is 0 Å². The largest absolute Gasteiger partial charge is 0.339 e. The average Bonchev–Trinajstić information content (AvgIpc) is 3.47. The molecule has 2 aromatic carbocycles. The summed E-state index contributed by atoms with van der Waals surface area (Å²) >= 11 is 5.16. The molecule has 30 heavy (non-hydrogen) atoms. The van der Waals surface area contributed by atoms with Crippen LogP contribution in [-0.2, 0) is 5.75 Å². The van der Waals surface area contributed by atoms with Gasteiger partial charge in [-0.2, -0.15) is 0 Å². The van der Waals surface area contributed by atoms with Crippen molar-refractivity contribution in [3.63, 3.8) is 0 Å². The van der Waals surface area contributed by atoms with Crippen LogP contribution in [0.25, 0.3) is 10.2 Å². The number of fused-ring (bicyclic) bond motifs is 1. The van der Waals surface area contributed by atoms with Crippen molar-refractivity contribution in [2.75, 3.05) is 13.1 Å². The lowest BCUT2D eigenvalue weighted by atomic mass is 9.97. The molecule has 0 atom stereocenters. The normalized spacial score (nSPS) is 15.0. The van der Waals surface area contributed by atoms with Crippen LogP contribution in [0.4, 0.5) is 0 Å². The van der Waals surface area contributed by atoms with Gasteiger partial charge in [0.2, 0.25) is 0 Å². The molecule has 0 spiro atoms. The van der Waals surface area contributed by atoms with Crippen LogP contribution in [0, 0.1) is 0 Å². The molecule has 0 N–H and O–H groups in total. The third-order valence-corrected chi connectivity index (χ3v) is 8.29. The maximum atomic E-state index is 12.9. The lowest BCUT2D eigenvalue weighted by Gasteiger charge is -2.31. The van der Waals surface area contributed by atoms with Gasteiger partial charge in [0.05, 0.1) is 26.4 Å². The Hall–Kier alpha value is -2.22. The molecule has 1 fully saturated rings. The number of benzene rings is 2. The predicted octanol–water partition coefficient (Wildman–Crippen LogP) is 6.06. The van der Waals surface area contributed by atoms with E-state index in [-0.39, 0.29) is 5.91 Å². The summed E-state index contributed by atoms with van der Waals surface area (Å²) in [4.78, 5) is 25.2. The highest BCUT2D eigenvalue weighted by Gasteiger charge is 2.26. The molecule has 1 aliphatic heterocycles. The van der Waals surface area contributed by atoms with Crippen LogP contribution in [0.1, 0.15) is 39.8 Å². The molecule has 4 aromatic rings. The van der Waals surface area contributed by atoms with E-state index in [1.807, 2.05) is 40.7 Å². The van der Waals surface area contributed by atoms with Crippen LogP contribution in [0.5, 0.6) is 0 Å². The fourth-order valence-electron chi connectivity index (χ4n) is 3.74. The Labute approximate surface area is 188 Å². The van der Waals surface area contributed by atoms with Gasteiger partial charge in [-0.05, 0) is 49.2 Å². The van der Waals surface area contributed by atoms with Crippen molar-refractivity contribution in [3.8, 4) is 0 Å². The molecule has 0 bridgehead atoms. The Balaban J connectivity index is 1.18. The van der Waals surface area contributed by atoms with E-state index < -0.39 is 0 Å². The number of amides is 1. The molecule has 3 heterocycles. The zero-order chi connectivity index (χ0) is 20.3. The van der Waals surface area contributed by atoms with E-state index in [2.05, 4.69) is 28.6 Å². The molecule has 0 radical (unpaired) electrons. The highest BCUT2D eigenvalue weighted by Crippen LogP contribution is 2.34. The van der Waals surface area contributed by atoms with Gasteiger partial charge in [-0.15, -0.1) is 34.4 Å². The first-order chi connectivity index (χ1) is 14.8. The summed E-state index contributed by atoms with van der Waals surface area (Å²) in [7, 11) is 0. The Morgan fingerprint density at radius 3 is 2.63 bits per heavy atom. The summed E-state index contributed by atoms with van der Waals surface area (Å²) in [5, 5.41) is 3.29. The fraction of sp³-hybridized carbons (Fsp3) is 0.261. The van der Waals surface area contributed by atoms with Crippen molar-refractivity contribution < 1.29 is 4.79 Å². The van der Waals surface area contributed by atoms with Gasteiger partial charge in [-0.1, -0.05) is 12.1 Å². The summed E-state index contributed by atoms with van der Waals surface area (Å²) in [6.07, 6.45) is 1.96. The summed E-state index contributed by atoms with van der Waals surface area (Å²) in [6, 6.07) is 16.3. The summed E-state index contributed by atoms with van der Waals surface area (Å²) in [5.41, 5.74) is 4.81. The van der Waals surface area contributed by atoms with E-state index in [4.69, 9.17) is 4.98 Å². The number of thiazole rings is 2. The lowest BCUT2D eigenvalue weighted by molar-refractivity contribution is 0.0713. The van der Waals surface area contributed by atoms with Crippen LogP contribution in [0.3, 0.4) is 0 Å². The quantitative estimate of drug-likeness (QED) is 0.346. The van der Waals surface area contributed by atoms with Gasteiger partial charge in [0.1, 0.15) is 0 Å². The van der Waals surface area contributed by atoms with Gasteiger partial charge in [-0.25, -0.2) is 9.97 Å². The average molecular weight is 452 g/mol. The minimum Gasteiger partial charge on any atom is -0.339 e. The van der Waals surface area contributed by atoms with Crippen LogP contribution >= 0.6 is 34.4 Å². The second-order valence-corrected chi connectivity index (χ2v) is 10.2. The Morgan fingerprint density at radius 1 is 1.10 bits per heavy atom. The topological polar surface area (TPSA) is 46.1 Å². The highest BCUT2D eigenvalue weighted by molar-refractivity contribution is 7.98. The fourth-order valence-corrected chi connectivity index (χ4v) is 6.34. The number of hydrogen-bond donors (Lipinski definition) is 0. The van der Waals surface area contributed by atoms with Crippen molar-refractivity contribution in [3.05, 3.63) is 75.7 Å². The number of para-hydroxylation sites is 1. The summed E-state index contributed by atoms with van der Waals surface area (Å²) in [6.45, 7) is 1.58. The standard InChI is InChI=1S/C23H21N3OS3/c27-23(17-5-7-19(8-6-17)29-14-18-13-28-15-24-18)26-11-9-16(10-12-26)22-25-20-3-1-2-4-21(20)30-22/h1-8,13,15-16H,9-12,14H2. The molecule has 152 valence electrons. The van der Waals surface area contributed by atoms with E-state index in [1.54, 1.807) is 34.4 Å². The molecular weight excluding hydrogens is 430 g/mol. The first kappa shape index (κ1) is 19.7. The number of carbonyl (C=O) groups excluding carboxylic acids is 1. The Morgan fingerprint density at radius 2 is 1.90 bits per heavy atom. The monoisotopic (exact) mass is 451 g/mol. The SMILES string of the molecule is O=C(c1ccc(SCc2cscn2)cc1)N1CCC(c2nc3ccccc3s2)CC1. The maximum absolute atomic E-state index is 12.9. The zero-order valence-corrected chi connectivity index (χ0v) is 18.8. The number of carbonyl (C=O) groups is 1. The molecule has 1 aliphatic rings. The molecule has 0 saturated carbocycles. The number of hydrogen-bond acceptors (Lipinski definition) is 6. The molecule has 4 nitrogen and oxygen atoms in total. The van der Waals surface area contributed by atoms with Gasteiger partial charge < -0.3 is 4.90 Å². The van der Waals surface area contributed by atoms with E-state index in [1.165, 1.54) is 9.71 Å². The van der Waals surface area contributed by atoms with E-state index in [0.717, 1.165) is 53.4 Å². The van der Waals surface area contributed by atoms with Crippen LogP contribution in [0.2, 0.25) is 0 Å². The number of nitrogens with zero attached hydrogens (tertiary/aromatic N) is 3. The molecule has 5 rings (SSSR count). The molecule has 2 aromatic heterocycles. The van der Waals surface area contributed by atoms with Gasteiger partial charge in [0.25, 0.3) is 5.91 Å². The number of aromatic nitrogens is 2. The molecule has 1 saturated heterocycles. The van der Waals surface area contributed by atoms with Crippen LogP contribution in [-0.4, -0.2) is 33.9 Å². The van der Waals surface area contributed by atoms with Crippen molar-refractivity contribution in [2.24, 2.45) is 0 Å². The number of rotatable bonds is 5. The summed E-state index contributed by atoms with van der Waals surface area (Å²) < 4.78 is 1.25. The van der Waals surface area contributed by atoms with E-state index in [0.29, 0.717) is 5.92 Å². The maximum Gasteiger partial charge on any atom is 0.253 e. The van der Waals surface area contributed by atoms with Crippen molar-refractivity contribution in [1.29, 1.82) is 0 Å². The molecular formula is C23H21N3OS3. The molecule has 0 aliphatic carbocycles. The van der Waals surface area contributed by atoms with Gasteiger partial charge in [0.15, 0.2) is 0 Å². The van der Waals surface area contributed by atoms with E-state index >= 15 is 0 Å². The third kappa shape index (κ3) is 4.29. The smallest absolute Gasteiger partial charge is 0.253 e. The Bertz CT molecular complexity index is 1100. The minimum atomic E-state index is 0.133. The highest BCUT2D eigenvalue weighted by atomic mass is 32.2. The lowest BCUT2D eigenvalue weighted by Crippen LogP contribution is -2.37. The minimum absolute atomic E-state index is 0.133. The second kappa shape index (κ2) is 8.88. The molecule has 0 unspecified atom stereocenters. The zero-order valence-electron chi connectivity index (χ0n) is 16.4. The first-order valence-corrected chi connectivity index (χ1v) is 12.8. The number of thioether (sulfide) groups is 1. The van der Waals surface area contributed by atoms with Crippen molar-refractivity contribution >= 4 is 50.6 Å². The summed E-state index contributed by atoms with van der Waals surface area (Å²) in [5.74, 6) is 1.44. The van der Waals surface area contributed by atoms with Crippen LogP contribution in [0.15, 0.2) is 64.3 Å². The number of piperidine rings is 1. The van der Waals surface area contributed by atoms with E-state index in [9.17, 15) is 4.79 Å². The van der Waals surface area contributed by atoms with Gasteiger partial charge in [-0.3, -0.25) is 4.79 Å². The second-order valence-electron chi connectivity index (χ2n) is 7.38. The third-order valence-electron chi connectivity index (χ3n) is 5.41. The molecule has 7 heteroatoms. The van der Waals surface area contributed by atoms with Crippen molar-refractivity contribution in [2.45, 2.75) is 29.4 Å². The molecule has 1 amide bonds. The Kier molecular flexibility index (Phi) is 5.84. The van der Waals surface area contributed by atoms with Crippen LogP contribution < -0.4 is 0 Å². The van der Waals surface area contributed by atoms with Crippen molar-refractivity contribution in [1.82, 2.24) is 14.9 Å². The first-order valence-electron chi connectivity index (χ1n) is 10.0. The number of likely N-dealkylation sites (tertiary alicyclic amines) is 1.